The maximum absolute atomic E-state index is 13.2. The molecule has 0 aromatic rings. The van der Waals surface area contributed by atoms with Crippen LogP contribution in [0.4, 0.5) is 35.1 Å². The van der Waals surface area contributed by atoms with Gasteiger partial charge in [-0.25, -0.2) is 8.78 Å². The van der Waals surface area contributed by atoms with Crippen molar-refractivity contribution in [2.75, 3.05) is 6.61 Å². The third-order valence-corrected chi connectivity index (χ3v) is 3.46. The lowest BCUT2D eigenvalue weighted by molar-refractivity contribution is -0.344. The summed E-state index contributed by atoms with van der Waals surface area (Å²) < 4.78 is 110. The van der Waals surface area contributed by atoms with E-state index in [1.54, 1.807) is 6.92 Å². The number of alkyl halides is 8. The van der Waals surface area contributed by atoms with E-state index in [9.17, 15) is 44.7 Å². The molecule has 0 aromatic carbocycles. The fourth-order valence-electron chi connectivity index (χ4n) is 1.83. The van der Waals surface area contributed by atoms with Crippen molar-refractivity contribution in [1.29, 1.82) is 0 Å². The molecule has 0 radical (unpaired) electrons. The second-order valence-corrected chi connectivity index (χ2v) is 5.67. The van der Waals surface area contributed by atoms with Crippen LogP contribution in [0.2, 0.25) is 0 Å². The minimum atomic E-state index is -6.46. The van der Waals surface area contributed by atoms with Crippen LogP contribution in [-0.4, -0.2) is 48.8 Å². The monoisotopic (exact) mass is 416 g/mol. The van der Waals surface area contributed by atoms with Crippen LogP contribution in [0.5, 0.6) is 0 Å². The van der Waals surface area contributed by atoms with Crippen LogP contribution in [0.15, 0.2) is 0 Å². The number of halogens is 8. The molecule has 1 unspecified atom stereocenters. The van der Waals surface area contributed by atoms with E-state index in [0.717, 1.165) is 0 Å². The second-order valence-electron chi connectivity index (χ2n) is 5.67. The normalized spacial score (nSPS) is 14.2. The molecule has 0 spiro atoms. The van der Waals surface area contributed by atoms with Crippen LogP contribution in [0, 0.1) is 0 Å². The molecule has 0 rings (SSSR count). The Labute approximate surface area is 150 Å². The van der Waals surface area contributed by atoms with Gasteiger partial charge in [0.1, 0.15) is 6.10 Å². The standard InChI is InChI=1S/C15H20F8O4/c1-3-5-9(4-2)27-11(25)7-6-10(24)26-8-13(18,19)15(22,23)14(20,21)12(16)17/h9,12H,3-8H2,1-2H3. The first-order valence-corrected chi connectivity index (χ1v) is 7.99. The van der Waals surface area contributed by atoms with Crippen molar-refractivity contribution in [1.82, 2.24) is 0 Å². The molecule has 0 aromatic heterocycles. The SMILES string of the molecule is CCCC(CC)OC(=O)CCC(=O)OCC(F)(F)C(F)(F)C(F)(F)C(F)F. The summed E-state index contributed by atoms with van der Waals surface area (Å²) >= 11 is 0. The average molecular weight is 416 g/mol. The molecule has 27 heavy (non-hydrogen) atoms. The van der Waals surface area contributed by atoms with Crippen molar-refractivity contribution in [2.24, 2.45) is 0 Å². The summed E-state index contributed by atoms with van der Waals surface area (Å²) in [6.07, 6.45) is -5.18. The summed E-state index contributed by atoms with van der Waals surface area (Å²) in [5.74, 6) is -21.0. The molecule has 0 aliphatic heterocycles. The van der Waals surface area contributed by atoms with Crippen LogP contribution >= 0.6 is 0 Å². The third-order valence-electron chi connectivity index (χ3n) is 3.46. The van der Waals surface area contributed by atoms with Crippen molar-refractivity contribution >= 4 is 11.9 Å². The summed E-state index contributed by atoms with van der Waals surface area (Å²) in [5, 5.41) is 0. The molecule has 0 aliphatic carbocycles. The van der Waals surface area contributed by atoms with Gasteiger partial charge in [0.05, 0.1) is 12.8 Å². The summed E-state index contributed by atoms with van der Waals surface area (Å²) in [5.41, 5.74) is 0. The van der Waals surface area contributed by atoms with E-state index >= 15 is 0 Å². The van der Waals surface area contributed by atoms with Crippen LogP contribution in [0.3, 0.4) is 0 Å². The zero-order valence-electron chi connectivity index (χ0n) is 14.6. The van der Waals surface area contributed by atoms with Crippen molar-refractivity contribution in [3.05, 3.63) is 0 Å². The molecule has 12 heteroatoms. The van der Waals surface area contributed by atoms with Crippen molar-refractivity contribution < 1.29 is 54.2 Å². The lowest BCUT2D eigenvalue weighted by atomic mass is 10.1. The number of ether oxygens (including phenoxy) is 2. The number of rotatable bonds is 12. The highest BCUT2D eigenvalue weighted by Gasteiger charge is 2.75. The molecule has 0 bridgehead atoms. The lowest BCUT2D eigenvalue weighted by Crippen LogP contribution is -2.59. The highest BCUT2D eigenvalue weighted by atomic mass is 19.4. The van der Waals surface area contributed by atoms with Crippen LogP contribution in [0.1, 0.15) is 46.0 Å². The van der Waals surface area contributed by atoms with E-state index in [0.29, 0.717) is 19.3 Å². The largest absolute Gasteiger partial charge is 0.462 e. The molecule has 4 nitrogen and oxygen atoms in total. The molecule has 1 atom stereocenters. The molecular formula is C15H20F8O4. The first-order valence-electron chi connectivity index (χ1n) is 7.99. The van der Waals surface area contributed by atoms with E-state index < -0.39 is 61.7 Å². The number of carbonyl (C=O) groups is 2. The van der Waals surface area contributed by atoms with Gasteiger partial charge in [-0.3, -0.25) is 9.59 Å². The number of hydrogen-bond acceptors (Lipinski definition) is 4. The molecule has 0 saturated heterocycles. The van der Waals surface area contributed by atoms with Crippen LogP contribution in [0.25, 0.3) is 0 Å². The highest BCUT2D eigenvalue weighted by molar-refractivity contribution is 5.77. The molecule has 0 heterocycles. The molecule has 0 aliphatic rings. The molecule has 0 amide bonds. The Morgan fingerprint density at radius 3 is 1.89 bits per heavy atom. The molecule has 0 saturated carbocycles. The van der Waals surface area contributed by atoms with Gasteiger partial charge in [0, 0.05) is 0 Å². The fourth-order valence-corrected chi connectivity index (χ4v) is 1.83. The summed E-state index contributed by atoms with van der Waals surface area (Å²) in [4.78, 5) is 22.7. The molecule has 160 valence electrons. The zero-order valence-corrected chi connectivity index (χ0v) is 14.6. The Hall–Kier alpha value is -1.62. The number of hydrogen-bond donors (Lipinski definition) is 0. The fraction of sp³-hybridized carbons (Fsp3) is 0.867. The van der Waals surface area contributed by atoms with E-state index in [1.165, 1.54) is 0 Å². The topological polar surface area (TPSA) is 52.6 Å². The van der Waals surface area contributed by atoms with Crippen molar-refractivity contribution in [3.8, 4) is 0 Å². The third kappa shape index (κ3) is 6.80. The van der Waals surface area contributed by atoms with Gasteiger partial charge in [-0.1, -0.05) is 20.3 Å². The van der Waals surface area contributed by atoms with Gasteiger partial charge in [0.25, 0.3) is 0 Å². The van der Waals surface area contributed by atoms with Gasteiger partial charge < -0.3 is 9.47 Å². The van der Waals surface area contributed by atoms with Gasteiger partial charge in [-0.15, -0.1) is 0 Å². The van der Waals surface area contributed by atoms with Crippen molar-refractivity contribution in [2.45, 2.75) is 76.2 Å². The number of esters is 2. The summed E-state index contributed by atoms with van der Waals surface area (Å²) in [7, 11) is 0. The van der Waals surface area contributed by atoms with Crippen LogP contribution in [-0.2, 0) is 19.1 Å². The Morgan fingerprint density at radius 2 is 1.44 bits per heavy atom. The summed E-state index contributed by atoms with van der Waals surface area (Å²) in [6, 6.07) is 0. The Morgan fingerprint density at radius 1 is 0.926 bits per heavy atom. The maximum Gasteiger partial charge on any atom is 0.381 e. The highest BCUT2D eigenvalue weighted by Crippen LogP contribution is 2.48. The quantitative estimate of drug-likeness (QED) is 0.345. The van der Waals surface area contributed by atoms with Gasteiger partial charge in [0.2, 0.25) is 0 Å². The first kappa shape index (κ1) is 25.4. The summed E-state index contributed by atoms with van der Waals surface area (Å²) in [6.45, 7) is 1.02. The number of carbonyl (C=O) groups excluding carboxylic acids is 2. The van der Waals surface area contributed by atoms with Gasteiger partial charge in [0.15, 0.2) is 6.61 Å². The predicted molar refractivity (Wildman–Crippen MR) is 76.1 cm³/mol. The minimum Gasteiger partial charge on any atom is -0.462 e. The lowest BCUT2D eigenvalue weighted by Gasteiger charge is -2.31. The first-order chi connectivity index (χ1) is 12.2. The zero-order chi connectivity index (χ0) is 21.5. The smallest absolute Gasteiger partial charge is 0.381 e. The van der Waals surface area contributed by atoms with Crippen molar-refractivity contribution in [3.63, 3.8) is 0 Å². The van der Waals surface area contributed by atoms with Gasteiger partial charge in [-0.05, 0) is 12.8 Å². The second kappa shape index (κ2) is 10.1. The van der Waals surface area contributed by atoms with Gasteiger partial charge in [-0.2, -0.15) is 26.3 Å². The molecule has 0 fully saturated rings. The van der Waals surface area contributed by atoms with Gasteiger partial charge >= 0.3 is 36.1 Å². The van der Waals surface area contributed by atoms with E-state index in [4.69, 9.17) is 4.74 Å². The Kier molecular flexibility index (Phi) is 9.47. The van der Waals surface area contributed by atoms with E-state index in [1.807, 2.05) is 6.92 Å². The maximum atomic E-state index is 13.2. The molecule has 0 N–H and O–H groups in total. The Balaban J connectivity index is 4.62. The van der Waals surface area contributed by atoms with E-state index in [2.05, 4.69) is 4.74 Å². The average Bonchev–Trinajstić information content (AvgIpc) is 2.57. The minimum absolute atomic E-state index is 0.418. The Bertz CT molecular complexity index is 496. The van der Waals surface area contributed by atoms with Crippen LogP contribution < -0.4 is 0 Å². The van der Waals surface area contributed by atoms with E-state index in [-0.39, 0.29) is 0 Å². The predicted octanol–water partition coefficient (Wildman–Crippen LogP) is 4.60. The molecular weight excluding hydrogens is 396 g/mol.